The van der Waals surface area contributed by atoms with Gasteiger partial charge in [-0.3, -0.25) is 9.78 Å². The maximum Gasteiger partial charge on any atom is 0.417 e. The van der Waals surface area contributed by atoms with Gasteiger partial charge in [-0.05, 0) is 12.1 Å². The standard InChI is InChI=1S/C9H10F3N3O3S/c10-9(11,12)6-1-2-7(15-5-6)8(16)14-3-4-19(13,17)18/h1-2,5H,3-4H2,(H,14,16)(H2,13,17,18). The molecule has 0 saturated heterocycles. The fourth-order valence-electron chi connectivity index (χ4n) is 1.09. The largest absolute Gasteiger partial charge is 0.417 e. The maximum atomic E-state index is 12.2. The smallest absolute Gasteiger partial charge is 0.350 e. The zero-order valence-electron chi connectivity index (χ0n) is 9.44. The van der Waals surface area contributed by atoms with E-state index in [1.165, 1.54) is 0 Å². The molecule has 0 saturated carbocycles. The number of pyridine rings is 1. The predicted octanol–water partition coefficient (Wildman–Crippen LogP) is 0.119. The monoisotopic (exact) mass is 297 g/mol. The summed E-state index contributed by atoms with van der Waals surface area (Å²) in [6.07, 6.45) is -4.01. The normalized spacial score (nSPS) is 12.2. The number of rotatable bonds is 4. The minimum Gasteiger partial charge on any atom is -0.350 e. The Labute approximate surface area is 106 Å². The average Bonchev–Trinajstić information content (AvgIpc) is 2.26. The Morgan fingerprint density at radius 1 is 1.37 bits per heavy atom. The second kappa shape index (κ2) is 5.53. The molecule has 10 heteroatoms. The second-order valence-electron chi connectivity index (χ2n) is 3.55. The van der Waals surface area contributed by atoms with Crippen molar-refractivity contribution in [2.45, 2.75) is 6.18 Å². The molecule has 1 aromatic rings. The summed E-state index contributed by atoms with van der Waals surface area (Å²) in [7, 11) is -3.71. The number of nitrogens with one attached hydrogen (secondary N) is 1. The van der Waals surface area contributed by atoms with Crippen LogP contribution in [0.25, 0.3) is 0 Å². The van der Waals surface area contributed by atoms with Crippen LogP contribution in [-0.4, -0.2) is 31.6 Å². The molecule has 0 radical (unpaired) electrons. The molecular formula is C9H10F3N3O3S. The summed E-state index contributed by atoms with van der Waals surface area (Å²) in [6, 6.07) is 1.61. The Morgan fingerprint density at radius 3 is 2.42 bits per heavy atom. The molecular weight excluding hydrogens is 287 g/mol. The number of sulfonamides is 1. The first-order valence-electron chi connectivity index (χ1n) is 4.91. The highest BCUT2D eigenvalue weighted by molar-refractivity contribution is 7.89. The van der Waals surface area contributed by atoms with Gasteiger partial charge in [-0.2, -0.15) is 13.2 Å². The number of hydrogen-bond acceptors (Lipinski definition) is 4. The van der Waals surface area contributed by atoms with Crippen LogP contribution >= 0.6 is 0 Å². The van der Waals surface area contributed by atoms with Crippen LogP contribution in [-0.2, 0) is 16.2 Å². The van der Waals surface area contributed by atoms with Gasteiger partial charge in [-0.1, -0.05) is 0 Å². The molecule has 1 heterocycles. The number of carbonyl (C=O) groups excluding carboxylic acids is 1. The highest BCUT2D eigenvalue weighted by Crippen LogP contribution is 2.28. The van der Waals surface area contributed by atoms with Crippen molar-refractivity contribution >= 4 is 15.9 Å². The fraction of sp³-hybridized carbons (Fsp3) is 0.333. The summed E-state index contributed by atoms with van der Waals surface area (Å²) in [4.78, 5) is 14.7. The van der Waals surface area contributed by atoms with E-state index in [9.17, 15) is 26.4 Å². The van der Waals surface area contributed by atoms with Crippen LogP contribution < -0.4 is 10.5 Å². The summed E-state index contributed by atoms with van der Waals surface area (Å²) in [5, 5.41) is 6.88. The average molecular weight is 297 g/mol. The van der Waals surface area contributed by atoms with Crippen molar-refractivity contribution in [3.63, 3.8) is 0 Å². The molecule has 0 spiro atoms. The molecule has 0 aromatic carbocycles. The van der Waals surface area contributed by atoms with Gasteiger partial charge in [0.25, 0.3) is 5.91 Å². The molecule has 0 aliphatic heterocycles. The van der Waals surface area contributed by atoms with Gasteiger partial charge in [0.2, 0.25) is 10.0 Å². The van der Waals surface area contributed by atoms with Crippen molar-refractivity contribution in [2.24, 2.45) is 5.14 Å². The summed E-state index contributed by atoms with van der Waals surface area (Å²) in [6.45, 7) is -0.250. The molecule has 0 bridgehead atoms. The van der Waals surface area contributed by atoms with Crippen molar-refractivity contribution < 1.29 is 26.4 Å². The van der Waals surface area contributed by atoms with Gasteiger partial charge in [0, 0.05) is 12.7 Å². The van der Waals surface area contributed by atoms with E-state index in [0.29, 0.717) is 12.3 Å². The first kappa shape index (κ1) is 15.4. The van der Waals surface area contributed by atoms with Gasteiger partial charge in [0.05, 0.1) is 11.3 Å². The minimum absolute atomic E-state index is 0.248. The summed E-state index contributed by atoms with van der Waals surface area (Å²) in [5.41, 5.74) is -1.23. The van der Waals surface area contributed by atoms with Crippen molar-refractivity contribution in [1.82, 2.24) is 10.3 Å². The van der Waals surface area contributed by atoms with Crippen LogP contribution in [0.4, 0.5) is 13.2 Å². The molecule has 0 atom stereocenters. The lowest BCUT2D eigenvalue weighted by atomic mass is 10.2. The number of alkyl halides is 3. The lowest BCUT2D eigenvalue weighted by Gasteiger charge is -2.07. The van der Waals surface area contributed by atoms with Crippen molar-refractivity contribution in [2.75, 3.05) is 12.3 Å². The fourth-order valence-corrected chi connectivity index (χ4v) is 1.48. The molecule has 1 amide bonds. The Balaban J connectivity index is 2.64. The number of nitrogens with two attached hydrogens (primary N) is 1. The molecule has 3 N–H and O–H groups in total. The molecule has 19 heavy (non-hydrogen) atoms. The van der Waals surface area contributed by atoms with E-state index in [0.717, 1.165) is 6.07 Å². The third-order valence-electron chi connectivity index (χ3n) is 2.00. The lowest BCUT2D eigenvalue weighted by Crippen LogP contribution is -2.32. The molecule has 0 aliphatic carbocycles. The van der Waals surface area contributed by atoms with E-state index in [4.69, 9.17) is 5.14 Å². The number of hydrogen-bond donors (Lipinski definition) is 2. The Bertz CT molecular complexity index is 554. The van der Waals surface area contributed by atoms with Gasteiger partial charge in [0.1, 0.15) is 5.69 Å². The Hall–Kier alpha value is -1.68. The maximum absolute atomic E-state index is 12.2. The van der Waals surface area contributed by atoms with E-state index in [1.807, 2.05) is 0 Å². The van der Waals surface area contributed by atoms with Crippen molar-refractivity contribution in [3.05, 3.63) is 29.6 Å². The van der Waals surface area contributed by atoms with Crippen molar-refractivity contribution in [1.29, 1.82) is 0 Å². The van der Waals surface area contributed by atoms with Crippen LogP contribution in [0.2, 0.25) is 0 Å². The Kier molecular flexibility index (Phi) is 4.48. The quantitative estimate of drug-likeness (QED) is 0.824. The molecule has 0 unspecified atom stereocenters. The number of aromatic nitrogens is 1. The summed E-state index contributed by atoms with van der Waals surface area (Å²) >= 11 is 0. The zero-order chi connectivity index (χ0) is 14.7. The van der Waals surface area contributed by atoms with Gasteiger partial charge in [0.15, 0.2) is 0 Å². The van der Waals surface area contributed by atoms with Crippen LogP contribution in [0, 0.1) is 0 Å². The van der Waals surface area contributed by atoms with Crippen LogP contribution in [0.1, 0.15) is 16.1 Å². The highest BCUT2D eigenvalue weighted by atomic mass is 32.2. The van der Waals surface area contributed by atoms with Gasteiger partial charge < -0.3 is 5.32 Å². The number of primary sulfonamides is 1. The number of amides is 1. The van der Waals surface area contributed by atoms with Crippen LogP contribution in [0.15, 0.2) is 18.3 Å². The number of nitrogens with zero attached hydrogens (tertiary/aromatic N) is 1. The Morgan fingerprint density at radius 2 is 2.00 bits per heavy atom. The van der Waals surface area contributed by atoms with Crippen LogP contribution in [0.3, 0.4) is 0 Å². The summed E-state index contributed by atoms with van der Waals surface area (Å²) < 4.78 is 57.9. The predicted molar refractivity (Wildman–Crippen MR) is 59.5 cm³/mol. The molecule has 0 aliphatic rings. The zero-order valence-corrected chi connectivity index (χ0v) is 10.3. The third-order valence-corrected chi connectivity index (χ3v) is 2.77. The van der Waals surface area contributed by atoms with E-state index in [-0.39, 0.29) is 12.2 Å². The van der Waals surface area contributed by atoms with E-state index in [1.54, 1.807) is 0 Å². The van der Waals surface area contributed by atoms with Crippen molar-refractivity contribution in [3.8, 4) is 0 Å². The minimum atomic E-state index is -4.53. The van der Waals surface area contributed by atoms with E-state index in [2.05, 4.69) is 10.3 Å². The number of carbonyl (C=O) groups is 1. The lowest BCUT2D eigenvalue weighted by molar-refractivity contribution is -0.137. The topological polar surface area (TPSA) is 102 Å². The second-order valence-corrected chi connectivity index (χ2v) is 5.29. The first-order valence-corrected chi connectivity index (χ1v) is 6.63. The number of halogens is 3. The molecule has 106 valence electrons. The SMILES string of the molecule is NS(=O)(=O)CCNC(=O)c1ccc(C(F)(F)F)cn1. The first-order chi connectivity index (χ1) is 8.59. The van der Waals surface area contributed by atoms with Crippen LogP contribution in [0.5, 0.6) is 0 Å². The van der Waals surface area contributed by atoms with E-state index >= 15 is 0 Å². The summed E-state index contributed by atoms with van der Waals surface area (Å²) in [5.74, 6) is -1.25. The molecule has 0 fully saturated rings. The van der Waals surface area contributed by atoms with E-state index < -0.39 is 33.4 Å². The molecule has 1 aromatic heterocycles. The molecule has 1 rings (SSSR count). The third kappa shape index (κ3) is 5.22. The van der Waals surface area contributed by atoms with Gasteiger partial charge in [-0.25, -0.2) is 13.6 Å². The highest BCUT2D eigenvalue weighted by Gasteiger charge is 2.30. The van der Waals surface area contributed by atoms with Gasteiger partial charge >= 0.3 is 6.18 Å². The van der Waals surface area contributed by atoms with Gasteiger partial charge in [-0.15, -0.1) is 0 Å². The molecule has 6 nitrogen and oxygen atoms in total.